The van der Waals surface area contributed by atoms with Crippen molar-refractivity contribution in [3.8, 4) is 0 Å². The number of methoxy groups -OCH3 is 1. The van der Waals surface area contributed by atoms with E-state index in [1.54, 1.807) is 7.11 Å². The molecule has 0 spiro atoms. The van der Waals surface area contributed by atoms with Crippen LogP contribution in [0.2, 0.25) is 0 Å². The maximum atomic E-state index is 12.6. The molecule has 0 unspecified atom stereocenters. The lowest BCUT2D eigenvalue weighted by Crippen LogP contribution is -2.50. The van der Waals surface area contributed by atoms with E-state index in [2.05, 4.69) is 25.7 Å². The number of rotatable bonds is 2. The average Bonchev–Trinajstić information content (AvgIpc) is 2.62. The molecule has 0 saturated carbocycles. The van der Waals surface area contributed by atoms with Crippen LogP contribution >= 0.6 is 0 Å². The van der Waals surface area contributed by atoms with E-state index < -0.39 is 23.8 Å². The molecule has 28 heavy (non-hydrogen) atoms. The van der Waals surface area contributed by atoms with Crippen molar-refractivity contribution in [1.82, 2.24) is 0 Å². The van der Waals surface area contributed by atoms with Crippen LogP contribution in [0.25, 0.3) is 0 Å². The molecule has 2 aliphatic rings. The van der Waals surface area contributed by atoms with Gasteiger partial charge in [0, 0.05) is 31.9 Å². The summed E-state index contributed by atoms with van der Waals surface area (Å²) in [4.78, 5) is 24.3. The Balaban J connectivity index is 2.42. The van der Waals surface area contributed by atoms with Gasteiger partial charge in [0.05, 0.1) is 0 Å². The molecule has 0 aromatic carbocycles. The molecule has 0 N–H and O–H groups in total. The van der Waals surface area contributed by atoms with Gasteiger partial charge in [-0.2, -0.15) is 0 Å². The Kier molecular flexibility index (Phi) is 7.64. The summed E-state index contributed by atoms with van der Waals surface area (Å²) in [5.41, 5.74) is 2.25. The first kappa shape index (κ1) is 22.4. The van der Waals surface area contributed by atoms with Gasteiger partial charge in [-0.1, -0.05) is 29.9 Å². The van der Waals surface area contributed by atoms with Crippen LogP contribution in [0.1, 0.15) is 66.2 Å². The van der Waals surface area contributed by atoms with Gasteiger partial charge in [-0.25, -0.2) is 4.79 Å². The zero-order chi connectivity index (χ0) is 20.9. The highest BCUT2D eigenvalue weighted by atomic mass is 16.6. The van der Waals surface area contributed by atoms with Crippen LogP contribution in [-0.2, 0) is 23.8 Å². The quantitative estimate of drug-likeness (QED) is 0.390. The van der Waals surface area contributed by atoms with Crippen LogP contribution in [0.4, 0.5) is 0 Å². The first-order chi connectivity index (χ1) is 13.2. The number of ether oxygens (including phenoxy) is 3. The predicted molar refractivity (Wildman–Crippen MR) is 109 cm³/mol. The Morgan fingerprint density at radius 3 is 2.57 bits per heavy atom. The van der Waals surface area contributed by atoms with Crippen molar-refractivity contribution in [2.24, 2.45) is 5.92 Å². The molecule has 0 aromatic heterocycles. The molecule has 4 atom stereocenters. The predicted octanol–water partition coefficient (Wildman–Crippen LogP) is 4.67. The molecule has 5 heteroatoms. The molecule has 0 radical (unpaired) electrons. The Morgan fingerprint density at radius 1 is 1.25 bits per heavy atom. The van der Waals surface area contributed by atoms with Gasteiger partial charge in [0.15, 0.2) is 0 Å². The van der Waals surface area contributed by atoms with E-state index in [-0.39, 0.29) is 11.9 Å². The normalized spacial score (nSPS) is 36.2. The second-order valence-electron chi connectivity index (χ2n) is 8.31. The standard InChI is InChI=1S/C23H34O5/c1-15-9-7-10-16(2)13-20(27-18(4)24)19-14-21(28-22(25)17(19)3)23(5,26-6)12-8-11-15/h10-11,19-21H,3,7-9,12-14H2,1-2,4-6H3/b15-11+,16-10+/t19-,20-,21-,23+/m0/s1. The molecule has 156 valence electrons. The Morgan fingerprint density at radius 2 is 1.93 bits per heavy atom. The SMILES string of the molecule is C=C1C(=O)O[C@H]2C[C@@H]1[C@@H](OC(C)=O)C/C(C)=C/CC/C(C)=C/CC[C@@]2(C)OC. The first-order valence-electron chi connectivity index (χ1n) is 10.1. The molecule has 2 bridgehead atoms. The third kappa shape index (κ3) is 5.57. The van der Waals surface area contributed by atoms with Gasteiger partial charge in [0.1, 0.15) is 17.8 Å². The van der Waals surface area contributed by atoms with Crippen molar-refractivity contribution in [3.63, 3.8) is 0 Å². The van der Waals surface area contributed by atoms with Crippen LogP contribution < -0.4 is 0 Å². The Bertz CT molecular complexity index is 674. The van der Waals surface area contributed by atoms with E-state index in [1.165, 1.54) is 12.5 Å². The lowest BCUT2D eigenvalue weighted by molar-refractivity contribution is -0.178. The largest absolute Gasteiger partial charge is 0.462 e. The summed E-state index contributed by atoms with van der Waals surface area (Å²) in [5.74, 6) is -1.06. The molecule has 1 heterocycles. The van der Waals surface area contributed by atoms with Gasteiger partial charge in [0.2, 0.25) is 0 Å². The van der Waals surface area contributed by atoms with Crippen LogP contribution in [-0.4, -0.2) is 36.9 Å². The van der Waals surface area contributed by atoms with Gasteiger partial charge in [-0.3, -0.25) is 4.79 Å². The lowest BCUT2D eigenvalue weighted by Gasteiger charge is -2.42. The first-order valence-corrected chi connectivity index (χ1v) is 10.1. The Labute approximate surface area is 168 Å². The van der Waals surface area contributed by atoms with Crippen molar-refractivity contribution in [2.75, 3.05) is 7.11 Å². The van der Waals surface area contributed by atoms with Gasteiger partial charge in [-0.05, 0) is 52.9 Å². The summed E-state index contributed by atoms with van der Waals surface area (Å²) in [6.45, 7) is 11.5. The molecule has 0 aromatic rings. The molecule has 0 amide bonds. The van der Waals surface area contributed by atoms with Crippen molar-refractivity contribution >= 4 is 11.9 Å². The van der Waals surface area contributed by atoms with Crippen LogP contribution in [0, 0.1) is 5.92 Å². The van der Waals surface area contributed by atoms with E-state index in [0.29, 0.717) is 18.4 Å². The minimum atomic E-state index is -0.610. The number of hydrogen-bond acceptors (Lipinski definition) is 5. The second-order valence-corrected chi connectivity index (χ2v) is 8.31. The minimum absolute atomic E-state index is 0.284. The van der Waals surface area contributed by atoms with Crippen molar-refractivity contribution in [2.45, 2.75) is 84.0 Å². The van der Waals surface area contributed by atoms with Gasteiger partial charge >= 0.3 is 11.9 Å². The van der Waals surface area contributed by atoms with Crippen molar-refractivity contribution in [1.29, 1.82) is 0 Å². The monoisotopic (exact) mass is 390 g/mol. The third-order valence-electron chi connectivity index (χ3n) is 6.03. The summed E-state index contributed by atoms with van der Waals surface area (Å²) in [5, 5.41) is 0. The fourth-order valence-electron chi connectivity index (χ4n) is 4.06. The number of carbonyl (C=O) groups excluding carboxylic acids is 2. The third-order valence-corrected chi connectivity index (χ3v) is 6.03. The summed E-state index contributed by atoms with van der Waals surface area (Å²) >= 11 is 0. The summed E-state index contributed by atoms with van der Waals surface area (Å²) in [6.07, 6.45) is 8.23. The summed E-state index contributed by atoms with van der Waals surface area (Å²) in [6, 6.07) is 0. The molecule has 5 nitrogen and oxygen atoms in total. The van der Waals surface area contributed by atoms with Crippen molar-refractivity contribution in [3.05, 3.63) is 35.5 Å². The topological polar surface area (TPSA) is 61.8 Å². The Hall–Kier alpha value is -1.88. The fraction of sp³-hybridized carbons (Fsp3) is 0.652. The lowest BCUT2D eigenvalue weighted by atomic mass is 9.78. The van der Waals surface area contributed by atoms with Gasteiger partial charge < -0.3 is 14.2 Å². The second kappa shape index (κ2) is 9.55. The van der Waals surface area contributed by atoms with E-state index in [4.69, 9.17) is 14.2 Å². The van der Waals surface area contributed by atoms with E-state index >= 15 is 0 Å². The average molecular weight is 391 g/mol. The smallest absolute Gasteiger partial charge is 0.334 e. The maximum absolute atomic E-state index is 12.6. The number of hydrogen-bond donors (Lipinski definition) is 0. The highest BCUT2D eigenvalue weighted by Gasteiger charge is 2.46. The number of esters is 2. The molecule has 1 aliphatic heterocycles. The number of allylic oxidation sites excluding steroid dienone is 3. The zero-order valence-corrected chi connectivity index (χ0v) is 17.9. The highest BCUT2D eigenvalue weighted by Crippen LogP contribution is 2.39. The molecular weight excluding hydrogens is 356 g/mol. The van der Waals surface area contributed by atoms with Gasteiger partial charge in [-0.15, -0.1) is 0 Å². The zero-order valence-electron chi connectivity index (χ0n) is 17.9. The molecular formula is C23H34O5. The number of carbonyl (C=O) groups is 2. The van der Waals surface area contributed by atoms with Crippen LogP contribution in [0.3, 0.4) is 0 Å². The van der Waals surface area contributed by atoms with Crippen molar-refractivity contribution < 1.29 is 23.8 Å². The van der Waals surface area contributed by atoms with Gasteiger partial charge in [0.25, 0.3) is 0 Å². The van der Waals surface area contributed by atoms with Crippen LogP contribution in [0.5, 0.6) is 0 Å². The van der Waals surface area contributed by atoms with E-state index in [1.807, 2.05) is 13.8 Å². The minimum Gasteiger partial charge on any atom is -0.462 e. The highest BCUT2D eigenvalue weighted by molar-refractivity contribution is 5.89. The van der Waals surface area contributed by atoms with E-state index in [0.717, 1.165) is 31.3 Å². The fourth-order valence-corrected chi connectivity index (χ4v) is 4.06. The summed E-state index contributed by atoms with van der Waals surface area (Å²) in [7, 11) is 1.66. The molecule has 1 saturated heterocycles. The van der Waals surface area contributed by atoms with Crippen LogP contribution in [0.15, 0.2) is 35.5 Å². The maximum Gasteiger partial charge on any atom is 0.334 e. The number of fused-ring (bicyclic) bond motifs is 2. The van der Waals surface area contributed by atoms with E-state index in [9.17, 15) is 9.59 Å². The molecule has 1 fully saturated rings. The molecule has 2 rings (SSSR count). The molecule has 1 aliphatic carbocycles. The summed E-state index contributed by atoms with van der Waals surface area (Å²) < 4.78 is 17.2.